The smallest absolute Gasteiger partial charge is 0.258 e. The minimum absolute atomic E-state index is 0.133. The molecule has 3 aromatic rings. The molecule has 2 aliphatic rings. The first-order valence-electron chi connectivity index (χ1n) is 10.7. The predicted octanol–water partition coefficient (Wildman–Crippen LogP) is 5.37. The van der Waals surface area contributed by atoms with Gasteiger partial charge >= 0.3 is 0 Å². The fraction of sp³-hybridized carbons (Fsp3) is 0.417. The number of ether oxygens (including phenoxy) is 1. The molecule has 2 aromatic carbocycles. The van der Waals surface area contributed by atoms with Gasteiger partial charge in [0.1, 0.15) is 5.75 Å². The van der Waals surface area contributed by atoms with Crippen molar-refractivity contribution in [2.45, 2.75) is 64.0 Å². The summed E-state index contributed by atoms with van der Waals surface area (Å²) >= 11 is 0. The Kier molecular flexibility index (Phi) is 4.84. The molecule has 1 heterocycles. The van der Waals surface area contributed by atoms with Gasteiger partial charge in [0.2, 0.25) is 5.82 Å². The van der Waals surface area contributed by atoms with Crippen molar-refractivity contribution in [1.29, 1.82) is 0 Å². The third-order valence-corrected chi connectivity index (χ3v) is 6.15. The molecule has 1 atom stereocenters. The summed E-state index contributed by atoms with van der Waals surface area (Å²) in [7, 11) is 0. The number of hydrogen-bond acceptors (Lipinski definition) is 5. The highest BCUT2D eigenvalue weighted by Gasteiger charge is 2.22. The second-order valence-electron chi connectivity index (χ2n) is 8.36. The van der Waals surface area contributed by atoms with Gasteiger partial charge in [-0.3, -0.25) is 0 Å². The standard InChI is InChI=1S/C24H27N3O2/c1-15-9-11-20(22(13-15)28-18-6-2-3-7-18)23-26-24(29-27-23)17-10-12-19-16(14-17)5-4-8-21(19)25/h9-14,18,21H,2-8,25H2,1H3. The van der Waals surface area contributed by atoms with Gasteiger partial charge in [0.25, 0.3) is 5.89 Å². The number of benzene rings is 2. The van der Waals surface area contributed by atoms with Gasteiger partial charge in [-0.05, 0) is 92.8 Å². The van der Waals surface area contributed by atoms with Crippen LogP contribution in [0.4, 0.5) is 0 Å². The van der Waals surface area contributed by atoms with Crippen LogP contribution in [0.1, 0.15) is 61.3 Å². The molecule has 5 heteroatoms. The average Bonchev–Trinajstić information content (AvgIpc) is 3.40. The Morgan fingerprint density at radius 1 is 1.03 bits per heavy atom. The van der Waals surface area contributed by atoms with Crippen molar-refractivity contribution in [3.63, 3.8) is 0 Å². The van der Waals surface area contributed by atoms with Crippen molar-refractivity contribution in [1.82, 2.24) is 10.1 Å². The van der Waals surface area contributed by atoms with Crippen LogP contribution in [-0.2, 0) is 6.42 Å². The van der Waals surface area contributed by atoms with Crippen molar-refractivity contribution < 1.29 is 9.26 Å². The lowest BCUT2D eigenvalue weighted by Crippen LogP contribution is -2.17. The lowest BCUT2D eigenvalue weighted by atomic mass is 9.87. The van der Waals surface area contributed by atoms with Gasteiger partial charge in [0, 0.05) is 11.6 Å². The van der Waals surface area contributed by atoms with Crippen molar-refractivity contribution in [3.05, 3.63) is 53.1 Å². The monoisotopic (exact) mass is 389 g/mol. The molecule has 0 aliphatic heterocycles. The largest absolute Gasteiger partial charge is 0.490 e. The van der Waals surface area contributed by atoms with Crippen LogP contribution in [0.25, 0.3) is 22.8 Å². The number of hydrogen-bond donors (Lipinski definition) is 1. The maximum Gasteiger partial charge on any atom is 0.258 e. The van der Waals surface area contributed by atoms with Crippen molar-refractivity contribution in [3.8, 4) is 28.6 Å². The fourth-order valence-electron chi connectivity index (χ4n) is 4.53. The van der Waals surface area contributed by atoms with Crippen LogP contribution in [0, 0.1) is 6.92 Å². The number of rotatable bonds is 4. The van der Waals surface area contributed by atoms with E-state index in [2.05, 4.69) is 36.3 Å². The summed E-state index contributed by atoms with van der Waals surface area (Å²) in [5.74, 6) is 1.96. The van der Waals surface area contributed by atoms with Crippen LogP contribution < -0.4 is 10.5 Å². The maximum absolute atomic E-state index is 6.31. The summed E-state index contributed by atoms with van der Waals surface area (Å²) in [6, 6.07) is 12.6. The van der Waals surface area contributed by atoms with Crippen LogP contribution >= 0.6 is 0 Å². The van der Waals surface area contributed by atoms with E-state index >= 15 is 0 Å². The van der Waals surface area contributed by atoms with E-state index < -0.39 is 0 Å². The molecule has 5 rings (SSSR count). The Bertz CT molecular complexity index is 1020. The van der Waals surface area contributed by atoms with Crippen LogP contribution in [0.15, 0.2) is 40.9 Å². The number of aromatic nitrogens is 2. The van der Waals surface area contributed by atoms with Gasteiger partial charge in [-0.1, -0.05) is 17.3 Å². The molecule has 0 saturated heterocycles. The molecule has 1 fully saturated rings. The number of nitrogens with two attached hydrogens (primary N) is 1. The van der Waals surface area contributed by atoms with Gasteiger partial charge in [-0.25, -0.2) is 0 Å². The summed E-state index contributed by atoms with van der Waals surface area (Å²) < 4.78 is 11.9. The topological polar surface area (TPSA) is 74.2 Å². The minimum Gasteiger partial charge on any atom is -0.490 e. The molecule has 150 valence electrons. The summed E-state index contributed by atoms with van der Waals surface area (Å²) in [5.41, 5.74) is 11.8. The van der Waals surface area contributed by atoms with E-state index in [0.717, 1.165) is 54.5 Å². The molecule has 0 radical (unpaired) electrons. The van der Waals surface area contributed by atoms with E-state index in [0.29, 0.717) is 11.7 Å². The molecular formula is C24H27N3O2. The summed E-state index contributed by atoms with van der Waals surface area (Å²) in [6.07, 6.45) is 8.21. The molecule has 2 aliphatic carbocycles. The second-order valence-corrected chi connectivity index (χ2v) is 8.36. The van der Waals surface area contributed by atoms with Gasteiger partial charge in [-0.2, -0.15) is 4.98 Å². The molecule has 0 amide bonds. The Labute approximate surface area is 171 Å². The Morgan fingerprint density at radius 2 is 1.90 bits per heavy atom. The number of nitrogens with zero attached hydrogens (tertiary/aromatic N) is 2. The molecule has 5 nitrogen and oxygen atoms in total. The van der Waals surface area contributed by atoms with Crippen LogP contribution in [0.3, 0.4) is 0 Å². The zero-order valence-electron chi connectivity index (χ0n) is 16.9. The Hall–Kier alpha value is -2.66. The summed E-state index contributed by atoms with van der Waals surface area (Å²) in [6.45, 7) is 2.07. The minimum atomic E-state index is 0.133. The van der Waals surface area contributed by atoms with Crippen LogP contribution in [0.2, 0.25) is 0 Å². The molecule has 1 aromatic heterocycles. The molecule has 0 bridgehead atoms. The highest BCUT2D eigenvalue weighted by molar-refractivity contribution is 5.67. The highest BCUT2D eigenvalue weighted by atomic mass is 16.5. The molecule has 29 heavy (non-hydrogen) atoms. The Balaban J connectivity index is 1.46. The van der Waals surface area contributed by atoms with Gasteiger partial charge in [0.05, 0.1) is 11.7 Å². The third kappa shape index (κ3) is 3.67. The van der Waals surface area contributed by atoms with Gasteiger partial charge in [0.15, 0.2) is 0 Å². The van der Waals surface area contributed by atoms with E-state index in [1.165, 1.54) is 24.0 Å². The average molecular weight is 389 g/mol. The molecule has 1 saturated carbocycles. The first-order valence-corrected chi connectivity index (χ1v) is 10.7. The second kappa shape index (κ2) is 7.64. The number of aryl methyl sites for hydroxylation is 2. The van der Waals surface area contributed by atoms with Crippen molar-refractivity contribution in [2.24, 2.45) is 5.73 Å². The van der Waals surface area contributed by atoms with Gasteiger partial charge < -0.3 is 15.0 Å². The molecule has 0 spiro atoms. The van der Waals surface area contributed by atoms with E-state index in [-0.39, 0.29) is 12.1 Å². The Morgan fingerprint density at radius 3 is 2.76 bits per heavy atom. The van der Waals surface area contributed by atoms with Crippen LogP contribution in [0.5, 0.6) is 5.75 Å². The van der Waals surface area contributed by atoms with Crippen LogP contribution in [-0.4, -0.2) is 16.2 Å². The maximum atomic E-state index is 6.31. The molecule has 1 unspecified atom stereocenters. The highest BCUT2D eigenvalue weighted by Crippen LogP contribution is 2.35. The first-order chi connectivity index (χ1) is 14.2. The van der Waals surface area contributed by atoms with Crippen molar-refractivity contribution >= 4 is 0 Å². The first kappa shape index (κ1) is 18.4. The normalized spacial score (nSPS) is 19.3. The van der Waals surface area contributed by atoms with E-state index in [1.54, 1.807) is 0 Å². The fourth-order valence-corrected chi connectivity index (χ4v) is 4.53. The zero-order chi connectivity index (χ0) is 19.8. The predicted molar refractivity (Wildman–Crippen MR) is 113 cm³/mol. The lowest BCUT2D eigenvalue weighted by molar-refractivity contribution is 0.210. The van der Waals surface area contributed by atoms with Crippen molar-refractivity contribution in [2.75, 3.05) is 0 Å². The summed E-state index contributed by atoms with van der Waals surface area (Å²) in [4.78, 5) is 4.69. The lowest BCUT2D eigenvalue weighted by Gasteiger charge is -2.22. The third-order valence-electron chi connectivity index (χ3n) is 6.15. The SMILES string of the molecule is Cc1ccc(-c2noc(-c3ccc4c(c3)CCCC4N)n2)c(OC2CCCC2)c1. The zero-order valence-corrected chi connectivity index (χ0v) is 16.9. The summed E-state index contributed by atoms with van der Waals surface area (Å²) in [5, 5.41) is 4.26. The molecule has 2 N–H and O–H groups in total. The quantitative estimate of drug-likeness (QED) is 0.649. The van der Waals surface area contributed by atoms with Gasteiger partial charge in [-0.15, -0.1) is 0 Å². The van der Waals surface area contributed by atoms with E-state index in [4.69, 9.17) is 20.0 Å². The van der Waals surface area contributed by atoms with E-state index in [9.17, 15) is 0 Å². The van der Waals surface area contributed by atoms with E-state index in [1.807, 2.05) is 12.1 Å². The molecular weight excluding hydrogens is 362 g/mol. The number of fused-ring (bicyclic) bond motifs is 1.